The Morgan fingerprint density at radius 3 is 2.54 bits per heavy atom. The molecule has 0 unspecified atom stereocenters. The Kier molecular flexibility index (Phi) is 7.45. The molecule has 144 valence electrons. The molecular weight excluding hydrogens is 436 g/mol. The van der Waals surface area contributed by atoms with Gasteiger partial charge in [-0.25, -0.2) is 9.67 Å². The number of carbonyl (C=O) groups is 1. The normalized spacial score (nSPS) is 11.8. The summed E-state index contributed by atoms with van der Waals surface area (Å²) >= 11 is 5.07. The minimum absolute atomic E-state index is 0.102. The van der Waals surface area contributed by atoms with E-state index in [2.05, 4.69) is 31.3 Å². The molecule has 0 saturated carbocycles. The van der Waals surface area contributed by atoms with Gasteiger partial charge in [-0.1, -0.05) is 64.0 Å². The average Bonchev–Trinajstić information content (AvgIpc) is 3.24. The summed E-state index contributed by atoms with van der Waals surface area (Å²) in [5.74, 6) is 0.759. The number of nitrogens with one attached hydrogen (secondary N) is 1. The first-order valence-corrected chi connectivity index (χ1v) is 11.0. The number of hydrogen-bond acceptors (Lipinski definition) is 5. The second-order valence-corrected chi connectivity index (χ2v) is 7.99. The Labute approximate surface area is 177 Å². The summed E-state index contributed by atoms with van der Waals surface area (Å²) in [5.41, 5.74) is 3.10. The van der Waals surface area contributed by atoms with Crippen molar-refractivity contribution in [3.63, 3.8) is 0 Å². The van der Waals surface area contributed by atoms with Crippen LogP contribution in [0.25, 0.3) is 5.70 Å². The fourth-order valence-corrected chi connectivity index (χ4v) is 4.18. The lowest BCUT2D eigenvalue weighted by Crippen LogP contribution is -2.15. The molecule has 1 heterocycles. The van der Waals surface area contributed by atoms with Crippen LogP contribution in [0.2, 0.25) is 0 Å². The Bertz CT molecular complexity index is 925. The summed E-state index contributed by atoms with van der Waals surface area (Å²) < 4.78 is 1.54. The topological polar surface area (TPSA) is 59.8 Å². The van der Waals surface area contributed by atoms with Gasteiger partial charge in [0.15, 0.2) is 0 Å². The molecule has 28 heavy (non-hydrogen) atoms. The number of ketones is 1. The van der Waals surface area contributed by atoms with E-state index < -0.39 is 0 Å². The molecule has 1 N–H and O–H groups in total. The van der Waals surface area contributed by atoms with Gasteiger partial charge in [0.25, 0.3) is 0 Å². The number of hydrogen-bond donors (Lipinski definition) is 1. The largest absolute Gasteiger partial charge is 0.348 e. The number of allylic oxidation sites excluding steroid dienone is 1. The minimum atomic E-state index is -0.102. The number of aryl methyl sites for hydroxylation is 1. The third-order valence-electron chi connectivity index (χ3n) is 3.95. The molecule has 0 bridgehead atoms. The van der Waals surface area contributed by atoms with E-state index in [1.54, 1.807) is 18.1 Å². The van der Waals surface area contributed by atoms with E-state index in [0.717, 1.165) is 33.8 Å². The van der Waals surface area contributed by atoms with Crippen molar-refractivity contribution in [2.75, 3.05) is 16.4 Å². The fraction of sp³-hybridized carbons (Fsp3) is 0.190. The van der Waals surface area contributed by atoms with E-state index in [9.17, 15) is 4.79 Å². The van der Waals surface area contributed by atoms with Crippen LogP contribution in [0.4, 0.5) is 5.69 Å². The third kappa shape index (κ3) is 5.33. The zero-order valence-corrected chi connectivity index (χ0v) is 17.9. The monoisotopic (exact) mass is 456 g/mol. The van der Waals surface area contributed by atoms with Gasteiger partial charge >= 0.3 is 0 Å². The minimum Gasteiger partial charge on any atom is -0.348 e. The fourth-order valence-electron chi connectivity index (χ4n) is 2.52. The van der Waals surface area contributed by atoms with Gasteiger partial charge in [-0.2, -0.15) is 5.10 Å². The molecule has 5 nitrogen and oxygen atoms in total. The Morgan fingerprint density at radius 1 is 1.14 bits per heavy atom. The SMILES string of the molecule is Cc1ccc(C(=O)/C(=C(\Nc2ccccc2)SCCCBr)n2cncn2)cc1. The highest BCUT2D eigenvalue weighted by atomic mass is 79.9. The van der Waals surface area contributed by atoms with Crippen LogP contribution in [0.3, 0.4) is 0 Å². The third-order valence-corrected chi connectivity index (χ3v) is 5.59. The van der Waals surface area contributed by atoms with E-state index >= 15 is 0 Å². The van der Waals surface area contributed by atoms with Crippen LogP contribution in [-0.2, 0) is 0 Å². The van der Waals surface area contributed by atoms with Crippen LogP contribution in [0.1, 0.15) is 22.3 Å². The highest BCUT2D eigenvalue weighted by Crippen LogP contribution is 2.28. The lowest BCUT2D eigenvalue weighted by atomic mass is 10.1. The number of anilines is 1. The number of aromatic nitrogens is 3. The van der Waals surface area contributed by atoms with Crippen molar-refractivity contribution in [1.82, 2.24) is 14.8 Å². The number of carbonyl (C=O) groups excluding carboxylic acids is 1. The van der Waals surface area contributed by atoms with Crippen molar-refractivity contribution < 1.29 is 4.79 Å². The summed E-state index contributed by atoms with van der Waals surface area (Å²) in [7, 11) is 0. The van der Waals surface area contributed by atoms with Crippen molar-refractivity contribution in [3.05, 3.63) is 83.4 Å². The number of nitrogens with zero attached hydrogens (tertiary/aromatic N) is 3. The second kappa shape index (κ2) is 10.2. The molecule has 0 fully saturated rings. The molecule has 2 aromatic carbocycles. The summed E-state index contributed by atoms with van der Waals surface area (Å²) in [5, 5.41) is 9.30. The molecular formula is C21H21BrN4OS. The molecule has 0 radical (unpaired) electrons. The number of para-hydroxylation sites is 1. The number of rotatable bonds is 9. The van der Waals surface area contributed by atoms with E-state index in [-0.39, 0.29) is 5.78 Å². The van der Waals surface area contributed by atoms with Gasteiger partial charge in [-0.05, 0) is 25.5 Å². The zero-order chi connectivity index (χ0) is 19.8. The highest BCUT2D eigenvalue weighted by molar-refractivity contribution is 9.09. The van der Waals surface area contributed by atoms with Crippen molar-refractivity contribution in [1.29, 1.82) is 0 Å². The van der Waals surface area contributed by atoms with Crippen LogP contribution in [0, 0.1) is 6.92 Å². The van der Waals surface area contributed by atoms with Crippen LogP contribution >= 0.6 is 27.7 Å². The maximum Gasteiger partial charge on any atom is 0.214 e. The molecule has 1 aromatic heterocycles. The van der Waals surface area contributed by atoms with Gasteiger partial charge < -0.3 is 5.32 Å². The first kappa shape index (κ1) is 20.4. The van der Waals surface area contributed by atoms with Crippen molar-refractivity contribution >= 4 is 44.9 Å². The molecule has 0 aliphatic carbocycles. The molecule has 3 rings (SSSR count). The number of Topliss-reactive ketones (excluding diaryl/α,β-unsaturated/α-hetero) is 1. The summed E-state index contributed by atoms with van der Waals surface area (Å²) in [4.78, 5) is 17.4. The number of alkyl halides is 1. The number of halogens is 1. The van der Waals surface area contributed by atoms with Crippen molar-refractivity contribution in [3.8, 4) is 0 Å². The van der Waals surface area contributed by atoms with Gasteiger partial charge in [-0.15, -0.1) is 11.8 Å². The molecule has 0 atom stereocenters. The molecule has 0 spiro atoms. The first-order valence-electron chi connectivity index (χ1n) is 8.90. The first-order chi connectivity index (χ1) is 13.7. The lowest BCUT2D eigenvalue weighted by Gasteiger charge is -2.16. The highest BCUT2D eigenvalue weighted by Gasteiger charge is 2.21. The maximum absolute atomic E-state index is 13.4. The zero-order valence-electron chi connectivity index (χ0n) is 15.5. The van der Waals surface area contributed by atoms with Gasteiger partial charge in [0.05, 0.1) is 0 Å². The Balaban J connectivity index is 2.06. The average molecular weight is 457 g/mol. The number of thioether (sulfide) groups is 1. The Morgan fingerprint density at radius 2 is 1.89 bits per heavy atom. The van der Waals surface area contributed by atoms with Gasteiger partial charge in [-0.3, -0.25) is 4.79 Å². The predicted octanol–water partition coefficient (Wildman–Crippen LogP) is 5.23. The van der Waals surface area contributed by atoms with E-state index in [0.29, 0.717) is 11.3 Å². The summed E-state index contributed by atoms with van der Waals surface area (Å²) in [6.07, 6.45) is 3.97. The van der Waals surface area contributed by atoms with Crippen LogP contribution in [-0.4, -0.2) is 31.6 Å². The molecule has 3 aromatic rings. The Hall–Kier alpha value is -2.38. The lowest BCUT2D eigenvalue weighted by molar-refractivity contribution is 0.104. The quantitative estimate of drug-likeness (QED) is 0.207. The second-order valence-electron chi connectivity index (χ2n) is 6.09. The van der Waals surface area contributed by atoms with E-state index in [1.165, 1.54) is 11.0 Å². The van der Waals surface area contributed by atoms with Gasteiger partial charge in [0.2, 0.25) is 5.78 Å². The van der Waals surface area contributed by atoms with Crippen molar-refractivity contribution in [2.45, 2.75) is 13.3 Å². The van der Waals surface area contributed by atoms with Gasteiger partial charge in [0.1, 0.15) is 23.4 Å². The standard InChI is InChI=1S/C21H21BrN4OS/c1-16-8-10-17(11-9-16)20(27)19(26-15-23-14-24-26)21(28-13-5-12-22)25-18-6-3-2-4-7-18/h2-4,6-11,14-15,25H,5,12-13H2,1H3/b21-19-. The smallest absolute Gasteiger partial charge is 0.214 e. The van der Waals surface area contributed by atoms with Crippen molar-refractivity contribution in [2.24, 2.45) is 0 Å². The van der Waals surface area contributed by atoms with Gasteiger partial charge in [0, 0.05) is 22.3 Å². The van der Waals surface area contributed by atoms with Crippen LogP contribution in [0.5, 0.6) is 0 Å². The maximum atomic E-state index is 13.4. The van der Waals surface area contributed by atoms with Crippen LogP contribution in [0.15, 0.2) is 72.3 Å². The predicted molar refractivity (Wildman–Crippen MR) is 120 cm³/mol. The number of benzene rings is 2. The molecule has 0 aliphatic rings. The molecule has 0 aliphatic heterocycles. The summed E-state index contributed by atoms with van der Waals surface area (Å²) in [6.45, 7) is 2.00. The molecule has 0 amide bonds. The van der Waals surface area contributed by atoms with Crippen LogP contribution < -0.4 is 5.32 Å². The molecule has 7 heteroatoms. The van der Waals surface area contributed by atoms with E-state index in [4.69, 9.17) is 0 Å². The van der Waals surface area contributed by atoms with E-state index in [1.807, 2.05) is 61.5 Å². The summed E-state index contributed by atoms with van der Waals surface area (Å²) in [6, 6.07) is 17.4. The molecule has 0 saturated heterocycles.